The van der Waals surface area contributed by atoms with E-state index in [4.69, 9.17) is 11.6 Å². The van der Waals surface area contributed by atoms with Gasteiger partial charge in [0.05, 0.1) is 5.56 Å². The average Bonchev–Trinajstić information content (AvgIpc) is 2.58. The SMILES string of the molecule is CC[S+]([O-])c1ccncc1CNC(=O)c1cc(Cl)cc(C(F)(F)F)c1. The summed E-state index contributed by atoms with van der Waals surface area (Å²) in [6.45, 7) is 1.74. The number of hydrogen-bond donors (Lipinski definition) is 1. The maximum Gasteiger partial charge on any atom is 0.416 e. The topological polar surface area (TPSA) is 65.1 Å². The minimum absolute atomic E-state index is 0.0123. The maximum absolute atomic E-state index is 12.8. The molecule has 25 heavy (non-hydrogen) atoms. The molecule has 0 radical (unpaired) electrons. The zero-order valence-corrected chi connectivity index (χ0v) is 14.6. The Hall–Kier alpha value is -1.77. The van der Waals surface area contributed by atoms with E-state index in [2.05, 4.69) is 10.3 Å². The van der Waals surface area contributed by atoms with Crippen molar-refractivity contribution in [1.29, 1.82) is 0 Å². The Morgan fingerprint density at radius 1 is 1.36 bits per heavy atom. The van der Waals surface area contributed by atoms with E-state index in [0.717, 1.165) is 18.2 Å². The molecule has 134 valence electrons. The molecule has 1 aromatic carbocycles. The second kappa shape index (κ2) is 8.07. The lowest BCUT2D eigenvalue weighted by Crippen LogP contribution is -2.24. The number of nitrogens with one attached hydrogen (secondary N) is 1. The molecule has 1 heterocycles. The van der Waals surface area contributed by atoms with Crippen molar-refractivity contribution in [3.8, 4) is 0 Å². The van der Waals surface area contributed by atoms with Gasteiger partial charge in [0.25, 0.3) is 5.91 Å². The fourth-order valence-corrected chi connectivity index (χ4v) is 3.26. The van der Waals surface area contributed by atoms with E-state index in [1.165, 1.54) is 12.4 Å². The highest BCUT2D eigenvalue weighted by Crippen LogP contribution is 2.31. The van der Waals surface area contributed by atoms with Crippen LogP contribution in [0.1, 0.15) is 28.4 Å². The van der Waals surface area contributed by atoms with Crippen molar-refractivity contribution in [2.75, 3.05) is 5.75 Å². The molecule has 2 aromatic rings. The number of nitrogens with zero attached hydrogens (tertiary/aromatic N) is 1. The van der Waals surface area contributed by atoms with Gasteiger partial charge in [-0.2, -0.15) is 13.2 Å². The maximum atomic E-state index is 12.8. The van der Waals surface area contributed by atoms with Crippen LogP contribution < -0.4 is 5.32 Å². The van der Waals surface area contributed by atoms with Gasteiger partial charge < -0.3 is 9.87 Å². The molecular formula is C16H14ClF3N2O2S. The van der Waals surface area contributed by atoms with Crippen LogP contribution in [0.25, 0.3) is 0 Å². The highest BCUT2D eigenvalue weighted by Gasteiger charge is 2.31. The normalized spacial score (nSPS) is 12.7. The number of aromatic nitrogens is 1. The molecule has 1 amide bonds. The number of halogens is 4. The third-order valence-corrected chi connectivity index (χ3v) is 4.92. The number of rotatable bonds is 5. The molecule has 9 heteroatoms. The van der Waals surface area contributed by atoms with E-state index in [1.807, 2.05) is 0 Å². The van der Waals surface area contributed by atoms with Gasteiger partial charge in [0.2, 0.25) is 0 Å². The predicted molar refractivity (Wildman–Crippen MR) is 88.8 cm³/mol. The summed E-state index contributed by atoms with van der Waals surface area (Å²) in [5, 5.41) is 2.32. The van der Waals surface area contributed by atoms with Crippen LogP contribution >= 0.6 is 11.6 Å². The molecule has 0 aliphatic rings. The van der Waals surface area contributed by atoms with Crippen LogP contribution in [0.2, 0.25) is 5.02 Å². The Balaban J connectivity index is 2.18. The molecule has 1 unspecified atom stereocenters. The van der Waals surface area contributed by atoms with E-state index >= 15 is 0 Å². The first kappa shape index (κ1) is 19.6. The van der Waals surface area contributed by atoms with Gasteiger partial charge in [-0.05, 0) is 36.3 Å². The third-order valence-electron chi connectivity index (χ3n) is 3.29. The summed E-state index contributed by atoms with van der Waals surface area (Å²) in [5.74, 6) is -0.320. The van der Waals surface area contributed by atoms with E-state index in [-0.39, 0.29) is 17.1 Å². The Bertz CT molecular complexity index is 771. The summed E-state index contributed by atoms with van der Waals surface area (Å²) >= 11 is 4.43. The highest BCUT2D eigenvalue weighted by molar-refractivity contribution is 7.91. The van der Waals surface area contributed by atoms with Gasteiger partial charge in [0, 0.05) is 41.2 Å². The molecule has 0 saturated heterocycles. The molecule has 4 nitrogen and oxygen atoms in total. The van der Waals surface area contributed by atoms with Gasteiger partial charge in [-0.3, -0.25) is 9.78 Å². The van der Waals surface area contributed by atoms with Gasteiger partial charge in [0.1, 0.15) is 5.75 Å². The second-order valence-electron chi connectivity index (χ2n) is 5.03. The molecule has 0 bridgehead atoms. The lowest BCUT2D eigenvalue weighted by atomic mass is 10.1. The van der Waals surface area contributed by atoms with Crippen molar-refractivity contribution < 1.29 is 22.5 Å². The molecule has 0 aliphatic heterocycles. The van der Waals surface area contributed by atoms with Crippen LogP contribution in [-0.4, -0.2) is 21.2 Å². The van der Waals surface area contributed by atoms with Gasteiger partial charge in [0.15, 0.2) is 4.90 Å². The standard InChI is InChI=1S/C16H14ClF3N2O2S/c1-2-25(24)14-3-4-21-8-11(14)9-22-15(23)10-5-12(16(18,19)20)7-13(17)6-10/h3-8H,2,9H2,1H3,(H,22,23). The summed E-state index contributed by atoms with van der Waals surface area (Å²) in [6.07, 6.45) is -1.66. The number of pyridine rings is 1. The van der Waals surface area contributed by atoms with E-state index in [9.17, 15) is 22.5 Å². The van der Waals surface area contributed by atoms with Crippen molar-refractivity contribution in [3.63, 3.8) is 0 Å². The Morgan fingerprint density at radius 3 is 2.72 bits per heavy atom. The quantitative estimate of drug-likeness (QED) is 0.789. The van der Waals surface area contributed by atoms with Crippen molar-refractivity contribution in [2.24, 2.45) is 0 Å². The van der Waals surface area contributed by atoms with Gasteiger partial charge in [-0.1, -0.05) is 11.6 Å². The first-order valence-electron chi connectivity index (χ1n) is 7.19. The summed E-state index contributed by atoms with van der Waals surface area (Å²) in [4.78, 5) is 16.6. The van der Waals surface area contributed by atoms with Crippen LogP contribution in [0.4, 0.5) is 13.2 Å². The lowest BCUT2D eigenvalue weighted by Gasteiger charge is -2.13. The van der Waals surface area contributed by atoms with Crippen LogP contribution in [0, 0.1) is 0 Å². The number of hydrogen-bond acceptors (Lipinski definition) is 3. The molecule has 1 atom stereocenters. The van der Waals surface area contributed by atoms with Gasteiger partial charge in [-0.15, -0.1) is 0 Å². The summed E-state index contributed by atoms with van der Waals surface area (Å²) < 4.78 is 50.4. The zero-order valence-electron chi connectivity index (χ0n) is 13.1. The Labute approximate surface area is 150 Å². The number of carbonyl (C=O) groups excluding carboxylic acids is 1. The third kappa shape index (κ3) is 5.10. The molecule has 0 spiro atoms. The minimum Gasteiger partial charge on any atom is -0.611 e. The van der Waals surface area contributed by atoms with E-state index in [0.29, 0.717) is 16.2 Å². The predicted octanol–water partition coefficient (Wildman–Crippen LogP) is 3.81. The highest BCUT2D eigenvalue weighted by atomic mass is 35.5. The molecule has 1 N–H and O–H groups in total. The number of benzene rings is 1. The van der Waals surface area contributed by atoms with Crippen molar-refractivity contribution in [2.45, 2.75) is 24.5 Å². The second-order valence-corrected chi connectivity index (χ2v) is 7.17. The van der Waals surface area contributed by atoms with E-state index in [1.54, 1.807) is 13.0 Å². The van der Waals surface area contributed by atoms with Crippen LogP contribution in [-0.2, 0) is 23.9 Å². The number of alkyl halides is 3. The Morgan fingerprint density at radius 2 is 2.08 bits per heavy atom. The first-order valence-corrected chi connectivity index (χ1v) is 8.89. The summed E-state index contributed by atoms with van der Waals surface area (Å²) in [6, 6.07) is 4.22. The van der Waals surface area contributed by atoms with Gasteiger partial charge in [-0.25, -0.2) is 0 Å². The fraction of sp³-hybridized carbons (Fsp3) is 0.250. The van der Waals surface area contributed by atoms with E-state index < -0.39 is 28.8 Å². The average molecular weight is 391 g/mol. The molecule has 1 aromatic heterocycles. The zero-order chi connectivity index (χ0) is 18.6. The Kier molecular flexibility index (Phi) is 6.31. The fourth-order valence-electron chi connectivity index (χ4n) is 2.09. The molecule has 0 aliphatic carbocycles. The van der Waals surface area contributed by atoms with Crippen molar-refractivity contribution >= 4 is 28.7 Å². The minimum atomic E-state index is -4.60. The van der Waals surface area contributed by atoms with Crippen molar-refractivity contribution in [1.82, 2.24) is 10.3 Å². The molecular weight excluding hydrogens is 377 g/mol. The number of amides is 1. The smallest absolute Gasteiger partial charge is 0.416 e. The molecule has 0 fully saturated rings. The van der Waals surface area contributed by atoms with Crippen LogP contribution in [0.3, 0.4) is 0 Å². The summed E-state index contributed by atoms with van der Waals surface area (Å²) in [7, 11) is 0. The van der Waals surface area contributed by atoms with Crippen molar-refractivity contribution in [3.05, 3.63) is 58.4 Å². The van der Waals surface area contributed by atoms with Gasteiger partial charge >= 0.3 is 6.18 Å². The number of carbonyl (C=O) groups is 1. The monoisotopic (exact) mass is 390 g/mol. The molecule has 0 saturated carbocycles. The van der Waals surface area contributed by atoms with Crippen LogP contribution in [0.5, 0.6) is 0 Å². The molecule has 2 rings (SSSR count). The lowest BCUT2D eigenvalue weighted by molar-refractivity contribution is -0.137. The first-order chi connectivity index (χ1) is 11.7. The summed E-state index contributed by atoms with van der Waals surface area (Å²) in [5.41, 5.74) is -0.671. The van der Waals surface area contributed by atoms with Crippen LogP contribution in [0.15, 0.2) is 41.6 Å². The largest absolute Gasteiger partial charge is 0.611 e.